The standard InChI is InChI=1S/C23H29N5O3S/c1-15-11-25-23(26-18(13-29)8-9-32-2)28-21(15)17-10-19(24-12-17)22(31)27-20(14-30)16-6-4-3-5-7-16/h3-7,10-12,18,20,24,29-30H,8-9,13-14H2,1-2H3,(H,27,31)(H,25,26,28)/t18-,20+/m0/s1. The first-order valence-electron chi connectivity index (χ1n) is 10.4. The van der Waals surface area contributed by atoms with Crippen molar-refractivity contribution >= 4 is 23.6 Å². The number of aliphatic hydroxyl groups excluding tert-OH is 2. The molecule has 0 aliphatic carbocycles. The van der Waals surface area contributed by atoms with Crippen LogP contribution in [0.25, 0.3) is 11.3 Å². The SMILES string of the molecule is CSCC[C@@H](CO)Nc1ncc(C)c(-c2c[nH]c(C(=O)N[C@H](CO)c3ccccc3)c2)n1. The summed E-state index contributed by atoms with van der Waals surface area (Å²) in [5, 5.41) is 25.3. The number of amides is 1. The largest absolute Gasteiger partial charge is 0.394 e. The molecule has 2 heterocycles. The first-order valence-corrected chi connectivity index (χ1v) is 11.8. The van der Waals surface area contributed by atoms with Crippen molar-refractivity contribution < 1.29 is 15.0 Å². The minimum absolute atomic E-state index is 0.00492. The second-order valence-corrected chi connectivity index (χ2v) is 8.44. The lowest BCUT2D eigenvalue weighted by molar-refractivity contribution is 0.0911. The second kappa shape index (κ2) is 11.7. The van der Waals surface area contributed by atoms with Gasteiger partial charge in [0.25, 0.3) is 5.91 Å². The van der Waals surface area contributed by atoms with Crippen LogP contribution in [0, 0.1) is 6.92 Å². The van der Waals surface area contributed by atoms with Crippen molar-refractivity contribution in [3.63, 3.8) is 0 Å². The molecule has 2 aromatic heterocycles. The maximum atomic E-state index is 12.7. The minimum Gasteiger partial charge on any atom is -0.394 e. The molecular weight excluding hydrogens is 426 g/mol. The molecular formula is C23H29N5O3S. The van der Waals surface area contributed by atoms with Gasteiger partial charge < -0.3 is 25.8 Å². The van der Waals surface area contributed by atoms with Crippen LogP contribution in [0.2, 0.25) is 0 Å². The Kier molecular flexibility index (Phi) is 8.66. The highest BCUT2D eigenvalue weighted by Gasteiger charge is 2.18. The molecule has 0 radical (unpaired) electrons. The van der Waals surface area contributed by atoms with Gasteiger partial charge >= 0.3 is 0 Å². The summed E-state index contributed by atoms with van der Waals surface area (Å²) in [6, 6.07) is 10.4. The molecule has 9 heteroatoms. The number of rotatable bonds is 11. The van der Waals surface area contributed by atoms with Crippen LogP contribution in [0.1, 0.15) is 34.1 Å². The molecule has 1 aromatic carbocycles. The van der Waals surface area contributed by atoms with Crippen molar-refractivity contribution in [3.8, 4) is 11.3 Å². The van der Waals surface area contributed by atoms with E-state index in [1.54, 1.807) is 30.2 Å². The number of nitrogens with zero attached hydrogens (tertiary/aromatic N) is 2. The van der Waals surface area contributed by atoms with Crippen molar-refractivity contribution in [1.82, 2.24) is 20.3 Å². The summed E-state index contributed by atoms with van der Waals surface area (Å²) in [5.74, 6) is 1.04. The highest BCUT2D eigenvalue weighted by molar-refractivity contribution is 7.98. The Balaban J connectivity index is 1.74. The molecule has 0 saturated carbocycles. The van der Waals surface area contributed by atoms with Gasteiger partial charge in [-0.15, -0.1) is 0 Å². The van der Waals surface area contributed by atoms with E-state index in [1.165, 1.54) is 0 Å². The topological polar surface area (TPSA) is 123 Å². The zero-order valence-corrected chi connectivity index (χ0v) is 19.0. The lowest BCUT2D eigenvalue weighted by Crippen LogP contribution is -2.30. The van der Waals surface area contributed by atoms with Crippen LogP contribution >= 0.6 is 11.8 Å². The molecule has 32 heavy (non-hydrogen) atoms. The summed E-state index contributed by atoms with van der Waals surface area (Å²) in [4.78, 5) is 24.7. The number of thioether (sulfide) groups is 1. The van der Waals surface area contributed by atoms with E-state index in [0.29, 0.717) is 17.3 Å². The maximum Gasteiger partial charge on any atom is 0.268 e. The highest BCUT2D eigenvalue weighted by Crippen LogP contribution is 2.23. The fraction of sp³-hybridized carbons (Fsp3) is 0.348. The molecule has 0 bridgehead atoms. The molecule has 0 saturated heterocycles. The predicted molar refractivity (Wildman–Crippen MR) is 128 cm³/mol. The second-order valence-electron chi connectivity index (χ2n) is 7.45. The quantitative estimate of drug-likeness (QED) is 0.301. The van der Waals surface area contributed by atoms with Crippen molar-refractivity contribution in [2.24, 2.45) is 0 Å². The van der Waals surface area contributed by atoms with E-state index in [-0.39, 0.29) is 25.2 Å². The number of hydrogen-bond acceptors (Lipinski definition) is 7. The fourth-order valence-electron chi connectivity index (χ4n) is 3.27. The van der Waals surface area contributed by atoms with Gasteiger partial charge in [-0.3, -0.25) is 4.79 Å². The molecule has 2 atom stereocenters. The van der Waals surface area contributed by atoms with Gasteiger partial charge in [0.2, 0.25) is 5.95 Å². The van der Waals surface area contributed by atoms with Crippen molar-refractivity contribution in [1.29, 1.82) is 0 Å². The van der Waals surface area contributed by atoms with Crippen molar-refractivity contribution in [2.45, 2.75) is 25.4 Å². The van der Waals surface area contributed by atoms with Crippen LogP contribution < -0.4 is 10.6 Å². The summed E-state index contributed by atoms with van der Waals surface area (Å²) in [5.41, 5.74) is 3.51. The van der Waals surface area contributed by atoms with E-state index in [1.807, 2.05) is 43.5 Å². The molecule has 3 rings (SSSR count). The average molecular weight is 456 g/mol. The molecule has 0 spiro atoms. The summed E-state index contributed by atoms with van der Waals surface area (Å²) in [6.45, 7) is 1.70. The van der Waals surface area contributed by atoms with E-state index in [2.05, 4.69) is 25.6 Å². The minimum atomic E-state index is -0.497. The van der Waals surface area contributed by atoms with Gasteiger partial charge in [0.1, 0.15) is 5.69 Å². The Labute approximate surface area is 191 Å². The van der Waals surface area contributed by atoms with Crippen molar-refractivity contribution in [3.05, 3.63) is 65.6 Å². The fourth-order valence-corrected chi connectivity index (χ4v) is 3.79. The Hall–Kier alpha value is -2.88. The van der Waals surface area contributed by atoms with Gasteiger partial charge in [0.05, 0.1) is 31.0 Å². The number of carbonyl (C=O) groups is 1. The number of hydrogen-bond donors (Lipinski definition) is 5. The molecule has 1 amide bonds. The number of carbonyl (C=O) groups excluding carboxylic acids is 1. The van der Waals surface area contributed by atoms with E-state index in [0.717, 1.165) is 28.9 Å². The summed E-state index contributed by atoms with van der Waals surface area (Å²) in [6.07, 6.45) is 6.27. The van der Waals surface area contributed by atoms with E-state index in [9.17, 15) is 15.0 Å². The monoisotopic (exact) mass is 455 g/mol. The lowest BCUT2D eigenvalue weighted by atomic mass is 10.1. The van der Waals surface area contributed by atoms with Gasteiger partial charge in [-0.25, -0.2) is 9.97 Å². The van der Waals surface area contributed by atoms with Crippen LogP contribution in [-0.2, 0) is 0 Å². The van der Waals surface area contributed by atoms with Gasteiger partial charge in [-0.2, -0.15) is 11.8 Å². The van der Waals surface area contributed by atoms with Gasteiger partial charge in [0, 0.05) is 18.0 Å². The van der Waals surface area contributed by atoms with Gasteiger partial charge in [0.15, 0.2) is 0 Å². The molecule has 3 aromatic rings. The van der Waals surface area contributed by atoms with E-state index >= 15 is 0 Å². The normalized spacial score (nSPS) is 12.9. The Bertz CT molecular complexity index is 1010. The number of aromatic amines is 1. The van der Waals surface area contributed by atoms with Crippen molar-refractivity contribution in [2.75, 3.05) is 30.5 Å². The third-order valence-corrected chi connectivity index (χ3v) is 5.73. The van der Waals surface area contributed by atoms with Crippen LogP contribution in [0.3, 0.4) is 0 Å². The molecule has 0 unspecified atom stereocenters. The number of H-pyrrole nitrogens is 1. The molecule has 0 aliphatic heterocycles. The van der Waals surface area contributed by atoms with E-state index in [4.69, 9.17) is 0 Å². The zero-order chi connectivity index (χ0) is 22.9. The molecule has 0 aliphatic rings. The Morgan fingerprint density at radius 1 is 1.22 bits per heavy atom. The number of aryl methyl sites for hydroxylation is 1. The first-order chi connectivity index (χ1) is 15.5. The predicted octanol–water partition coefficient (Wildman–Crippen LogP) is 2.77. The Morgan fingerprint density at radius 3 is 2.69 bits per heavy atom. The van der Waals surface area contributed by atoms with Crippen LogP contribution in [0.5, 0.6) is 0 Å². The van der Waals surface area contributed by atoms with Crippen LogP contribution in [0.4, 0.5) is 5.95 Å². The molecule has 170 valence electrons. The van der Waals surface area contributed by atoms with Crippen LogP contribution in [-0.4, -0.2) is 62.3 Å². The highest BCUT2D eigenvalue weighted by atomic mass is 32.2. The third kappa shape index (κ3) is 6.09. The maximum absolute atomic E-state index is 12.7. The number of aromatic nitrogens is 3. The molecule has 5 N–H and O–H groups in total. The molecule has 8 nitrogen and oxygen atoms in total. The number of aliphatic hydroxyl groups is 2. The van der Waals surface area contributed by atoms with E-state index < -0.39 is 6.04 Å². The average Bonchev–Trinajstić information content (AvgIpc) is 3.32. The Morgan fingerprint density at radius 2 is 2.00 bits per heavy atom. The lowest BCUT2D eigenvalue weighted by Gasteiger charge is -2.16. The first kappa shape index (κ1) is 23.8. The smallest absolute Gasteiger partial charge is 0.268 e. The third-order valence-electron chi connectivity index (χ3n) is 5.09. The van der Waals surface area contributed by atoms with Gasteiger partial charge in [-0.05, 0) is 42.5 Å². The molecule has 0 fully saturated rings. The number of nitrogens with one attached hydrogen (secondary N) is 3. The number of benzene rings is 1. The summed E-state index contributed by atoms with van der Waals surface area (Å²) < 4.78 is 0. The van der Waals surface area contributed by atoms with Crippen LogP contribution in [0.15, 0.2) is 48.8 Å². The zero-order valence-electron chi connectivity index (χ0n) is 18.2. The summed E-state index contributed by atoms with van der Waals surface area (Å²) >= 11 is 1.72. The summed E-state index contributed by atoms with van der Waals surface area (Å²) in [7, 11) is 0. The van der Waals surface area contributed by atoms with Gasteiger partial charge in [-0.1, -0.05) is 30.3 Å². The number of anilines is 1.